The number of piperidine rings is 1. The van der Waals surface area contributed by atoms with E-state index in [1.807, 2.05) is 19.1 Å². The van der Waals surface area contributed by atoms with Crippen molar-refractivity contribution in [1.82, 2.24) is 14.7 Å². The summed E-state index contributed by atoms with van der Waals surface area (Å²) >= 11 is 0. The molecule has 3 heterocycles. The molecule has 138 valence electrons. The summed E-state index contributed by atoms with van der Waals surface area (Å²) in [7, 11) is 0. The number of hydrogen-bond donors (Lipinski definition) is 1. The van der Waals surface area contributed by atoms with Crippen molar-refractivity contribution in [2.75, 3.05) is 19.7 Å². The van der Waals surface area contributed by atoms with Gasteiger partial charge in [0.05, 0.1) is 31.2 Å². The van der Waals surface area contributed by atoms with Crippen LogP contribution >= 0.6 is 0 Å². The third kappa shape index (κ3) is 5.17. The molecule has 1 aliphatic rings. The van der Waals surface area contributed by atoms with Crippen LogP contribution in [-0.4, -0.2) is 51.6 Å². The number of ether oxygens (including phenoxy) is 1. The topological polar surface area (TPSA) is 63.7 Å². The Labute approximate surface area is 149 Å². The fourth-order valence-electron chi connectivity index (χ4n) is 3.58. The average molecular weight is 347 g/mol. The summed E-state index contributed by atoms with van der Waals surface area (Å²) in [5.41, 5.74) is 2.26. The lowest BCUT2D eigenvalue weighted by atomic mass is 10.0. The Morgan fingerprint density at radius 2 is 2.28 bits per heavy atom. The summed E-state index contributed by atoms with van der Waals surface area (Å²) in [6, 6.07) is 6.25. The first kappa shape index (κ1) is 18.2. The van der Waals surface area contributed by atoms with E-state index in [0.29, 0.717) is 25.8 Å². The lowest BCUT2D eigenvalue weighted by molar-refractivity contribution is -0.00934. The van der Waals surface area contributed by atoms with Crippen molar-refractivity contribution in [1.29, 1.82) is 0 Å². The van der Waals surface area contributed by atoms with Crippen molar-refractivity contribution >= 4 is 0 Å². The molecule has 0 bridgehead atoms. The van der Waals surface area contributed by atoms with Crippen LogP contribution in [0.1, 0.15) is 36.4 Å². The zero-order valence-electron chi connectivity index (χ0n) is 15.2. The molecule has 1 aliphatic heterocycles. The average Bonchev–Trinajstić information content (AvgIpc) is 3.19. The van der Waals surface area contributed by atoms with Crippen LogP contribution in [-0.2, 0) is 17.9 Å². The minimum Gasteiger partial charge on any atom is -0.467 e. The highest BCUT2D eigenvalue weighted by Gasteiger charge is 2.25. The number of aliphatic hydroxyl groups excluding tert-OH is 1. The van der Waals surface area contributed by atoms with Crippen LogP contribution in [0.5, 0.6) is 0 Å². The lowest BCUT2D eigenvalue weighted by Gasteiger charge is -2.37. The maximum atomic E-state index is 10.4. The largest absolute Gasteiger partial charge is 0.467 e. The van der Waals surface area contributed by atoms with Gasteiger partial charge in [-0.05, 0) is 51.4 Å². The Morgan fingerprint density at radius 3 is 3.00 bits per heavy atom. The Morgan fingerprint density at radius 1 is 1.40 bits per heavy atom. The molecule has 6 heteroatoms. The smallest absolute Gasteiger partial charge is 0.129 e. The number of β-amino-alcohol motifs (C(OH)–C–C–N with tert-alkyl or cyclic N) is 1. The third-order valence-electron chi connectivity index (χ3n) is 4.82. The first-order valence-corrected chi connectivity index (χ1v) is 9.15. The zero-order chi connectivity index (χ0) is 17.6. The molecule has 0 aromatic carbocycles. The first-order chi connectivity index (χ1) is 12.1. The molecule has 0 unspecified atom stereocenters. The molecule has 0 saturated carbocycles. The molecule has 0 radical (unpaired) electrons. The highest BCUT2D eigenvalue weighted by molar-refractivity contribution is 5.06. The molecule has 2 aromatic heterocycles. The van der Waals surface area contributed by atoms with Gasteiger partial charge in [-0.1, -0.05) is 6.42 Å². The first-order valence-electron chi connectivity index (χ1n) is 9.15. The van der Waals surface area contributed by atoms with E-state index < -0.39 is 6.10 Å². The molecular weight excluding hydrogens is 318 g/mol. The summed E-state index contributed by atoms with van der Waals surface area (Å²) < 4.78 is 12.9. The SMILES string of the molecule is Cc1cc(C)n(C[C@H]2CCCCN2C[C@@H](O)COCc2ccco2)n1. The van der Waals surface area contributed by atoms with E-state index in [1.165, 1.54) is 18.5 Å². The van der Waals surface area contributed by atoms with Gasteiger partial charge in [-0.2, -0.15) is 5.10 Å². The number of hydrogen-bond acceptors (Lipinski definition) is 5. The highest BCUT2D eigenvalue weighted by Crippen LogP contribution is 2.20. The van der Waals surface area contributed by atoms with Crippen molar-refractivity contribution in [3.63, 3.8) is 0 Å². The van der Waals surface area contributed by atoms with E-state index in [1.54, 1.807) is 6.26 Å². The quantitative estimate of drug-likeness (QED) is 0.795. The summed E-state index contributed by atoms with van der Waals surface area (Å²) in [5, 5.41) is 14.9. The number of aliphatic hydroxyl groups is 1. The molecule has 6 nitrogen and oxygen atoms in total. The second-order valence-corrected chi connectivity index (χ2v) is 7.00. The molecule has 1 saturated heterocycles. The van der Waals surface area contributed by atoms with Gasteiger partial charge in [0.1, 0.15) is 12.4 Å². The van der Waals surface area contributed by atoms with E-state index in [2.05, 4.69) is 27.7 Å². The predicted molar refractivity (Wildman–Crippen MR) is 95.3 cm³/mol. The van der Waals surface area contributed by atoms with E-state index >= 15 is 0 Å². The number of nitrogens with zero attached hydrogens (tertiary/aromatic N) is 3. The predicted octanol–water partition coefficient (Wildman–Crippen LogP) is 2.53. The highest BCUT2D eigenvalue weighted by atomic mass is 16.5. The maximum absolute atomic E-state index is 10.4. The normalized spacial score (nSPS) is 20.0. The molecule has 2 atom stereocenters. The molecule has 0 aliphatic carbocycles. The van der Waals surface area contributed by atoms with Gasteiger partial charge in [0, 0.05) is 18.3 Å². The van der Waals surface area contributed by atoms with E-state index in [4.69, 9.17) is 9.15 Å². The molecule has 1 N–H and O–H groups in total. The minimum atomic E-state index is -0.490. The summed E-state index contributed by atoms with van der Waals surface area (Å²) in [6.07, 6.45) is 4.72. The molecule has 0 amide bonds. The second kappa shape index (κ2) is 8.65. The van der Waals surface area contributed by atoms with Gasteiger partial charge in [0.15, 0.2) is 0 Å². The van der Waals surface area contributed by atoms with Gasteiger partial charge in [-0.3, -0.25) is 9.58 Å². The Bertz CT molecular complexity index is 638. The molecule has 1 fully saturated rings. The van der Waals surface area contributed by atoms with Crippen LogP contribution in [0.4, 0.5) is 0 Å². The van der Waals surface area contributed by atoms with Crippen LogP contribution in [0.3, 0.4) is 0 Å². The van der Waals surface area contributed by atoms with Crippen molar-refractivity contribution in [2.45, 2.75) is 58.4 Å². The standard InChI is InChI=1S/C19H29N3O3/c1-15-10-16(2)22(20-15)11-17-6-3-4-8-21(17)12-18(23)13-24-14-19-7-5-9-25-19/h5,7,9-10,17-18,23H,3-4,6,8,11-14H2,1-2H3/t17-,18-/m1/s1. The van der Waals surface area contributed by atoms with Crippen molar-refractivity contribution in [2.24, 2.45) is 0 Å². The Balaban J connectivity index is 1.49. The van der Waals surface area contributed by atoms with Gasteiger partial charge in [0.25, 0.3) is 0 Å². The zero-order valence-corrected chi connectivity index (χ0v) is 15.2. The number of rotatable bonds is 8. The van der Waals surface area contributed by atoms with Gasteiger partial charge >= 0.3 is 0 Å². The molecule has 25 heavy (non-hydrogen) atoms. The van der Waals surface area contributed by atoms with Gasteiger partial charge in [0.2, 0.25) is 0 Å². The maximum Gasteiger partial charge on any atom is 0.129 e. The fourth-order valence-corrected chi connectivity index (χ4v) is 3.58. The van der Waals surface area contributed by atoms with Crippen molar-refractivity contribution in [3.05, 3.63) is 41.6 Å². The minimum absolute atomic E-state index is 0.323. The van der Waals surface area contributed by atoms with Crippen LogP contribution in [0.15, 0.2) is 28.9 Å². The summed E-state index contributed by atoms with van der Waals surface area (Å²) in [5.74, 6) is 0.785. The third-order valence-corrected chi connectivity index (χ3v) is 4.82. The molecule has 3 rings (SSSR count). The van der Waals surface area contributed by atoms with Crippen LogP contribution in [0.2, 0.25) is 0 Å². The van der Waals surface area contributed by atoms with E-state index in [-0.39, 0.29) is 0 Å². The van der Waals surface area contributed by atoms with Gasteiger partial charge in [-0.25, -0.2) is 0 Å². The fraction of sp³-hybridized carbons (Fsp3) is 0.632. The summed E-state index contributed by atoms with van der Waals surface area (Å²) in [6.45, 7) is 7.41. The second-order valence-electron chi connectivity index (χ2n) is 7.00. The monoisotopic (exact) mass is 347 g/mol. The lowest BCUT2D eigenvalue weighted by Crippen LogP contribution is -2.46. The Kier molecular flexibility index (Phi) is 6.29. The molecular formula is C19H29N3O3. The van der Waals surface area contributed by atoms with Crippen LogP contribution in [0, 0.1) is 13.8 Å². The van der Waals surface area contributed by atoms with E-state index in [0.717, 1.165) is 31.0 Å². The summed E-state index contributed by atoms with van der Waals surface area (Å²) in [4.78, 5) is 2.39. The van der Waals surface area contributed by atoms with Gasteiger partial charge < -0.3 is 14.3 Å². The van der Waals surface area contributed by atoms with Crippen LogP contribution < -0.4 is 0 Å². The number of aromatic nitrogens is 2. The number of aryl methyl sites for hydroxylation is 2. The molecule has 2 aromatic rings. The number of likely N-dealkylation sites (tertiary alicyclic amines) is 1. The van der Waals surface area contributed by atoms with Gasteiger partial charge in [-0.15, -0.1) is 0 Å². The Hall–Kier alpha value is -1.63. The van der Waals surface area contributed by atoms with Crippen molar-refractivity contribution in [3.8, 4) is 0 Å². The van der Waals surface area contributed by atoms with E-state index in [9.17, 15) is 5.11 Å². The van der Waals surface area contributed by atoms with Crippen LogP contribution in [0.25, 0.3) is 0 Å². The van der Waals surface area contributed by atoms with Crippen molar-refractivity contribution < 1.29 is 14.3 Å². The number of furan rings is 1. The molecule has 0 spiro atoms.